The van der Waals surface area contributed by atoms with Gasteiger partial charge in [0.1, 0.15) is 12.0 Å². The molecule has 1 aromatic rings. The average Bonchev–Trinajstić information content (AvgIpc) is 2.83. The van der Waals surface area contributed by atoms with Crippen molar-refractivity contribution in [1.82, 2.24) is 9.97 Å². The van der Waals surface area contributed by atoms with Crippen molar-refractivity contribution in [3.05, 3.63) is 22.5 Å². The lowest BCUT2D eigenvalue weighted by Crippen LogP contribution is -1.93. The van der Waals surface area contributed by atoms with E-state index < -0.39 is 4.92 Å². The number of nitrogens with zero attached hydrogens (tertiary/aromatic N) is 2. The molecule has 0 aliphatic heterocycles. The maximum atomic E-state index is 10.7. The van der Waals surface area contributed by atoms with Gasteiger partial charge >= 0.3 is 5.95 Å². The summed E-state index contributed by atoms with van der Waals surface area (Å²) in [5.41, 5.74) is 0. The molecule has 0 aliphatic carbocycles. The average molecular weight is 241 g/mol. The molecule has 0 fully saturated rings. The fourth-order valence-corrected chi connectivity index (χ4v) is 1.11. The highest BCUT2D eigenvalue weighted by Gasteiger charge is 2.01. The van der Waals surface area contributed by atoms with Gasteiger partial charge in [-0.05, 0) is 11.3 Å². The van der Waals surface area contributed by atoms with E-state index in [4.69, 9.17) is 0 Å². The van der Waals surface area contributed by atoms with Gasteiger partial charge < -0.3 is 10.1 Å². The number of ketones is 1. The van der Waals surface area contributed by atoms with Crippen molar-refractivity contribution < 1.29 is 9.72 Å². The number of aromatic nitrogens is 2. The summed E-state index contributed by atoms with van der Waals surface area (Å²) in [5, 5.41) is 9.77. The number of aromatic amines is 1. The van der Waals surface area contributed by atoms with E-state index in [2.05, 4.69) is 16.9 Å². The summed E-state index contributed by atoms with van der Waals surface area (Å²) < 4.78 is 0. The Labute approximate surface area is 101 Å². The van der Waals surface area contributed by atoms with Crippen LogP contribution in [0.25, 0.3) is 0 Å². The van der Waals surface area contributed by atoms with E-state index >= 15 is 0 Å². The molecule has 6 nitrogen and oxygen atoms in total. The molecular weight excluding hydrogens is 222 g/mol. The molecule has 0 unspecified atom stereocenters. The number of nitro groups is 1. The zero-order chi connectivity index (χ0) is 13.1. The molecule has 0 radical (unpaired) electrons. The minimum Gasteiger partial charge on any atom is -0.390 e. The van der Waals surface area contributed by atoms with Gasteiger partial charge in [-0.1, -0.05) is 31.7 Å². The molecule has 0 bridgehead atoms. The number of carbonyl (C=O) groups excluding carboxylic acids is 1. The Morgan fingerprint density at radius 1 is 1.47 bits per heavy atom. The van der Waals surface area contributed by atoms with Crippen LogP contribution < -0.4 is 0 Å². The highest BCUT2D eigenvalue weighted by molar-refractivity contribution is 5.77. The van der Waals surface area contributed by atoms with Crippen LogP contribution in [0.4, 0.5) is 5.95 Å². The number of rotatable bonds is 6. The van der Waals surface area contributed by atoms with Crippen molar-refractivity contribution in [3.8, 4) is 0 Å². The van der Waals surface area contributed by atoms with Crippen LogP contribution in [0.5, 0.6) is 0 Å². The van der Waals surface area contributed by atoms with E-state index in [-0.39, 0.29) is 5.95 Å². The normalized spacial score (nSPS) is 9.29. The second-order valence-corrected chi connectivity index (χ2v) is 3.52. The van der Waals surface area contributed by atoms with E-state index in [0.29, 0.717) is 12.2 Å². The fraction of sp³-hybridized carbons (Fsp3) is 0.636. The van der Waals surface area contributed by atoms with Crippen LogP contribution in [0, 0.1) is 10.1 Å². The fourth-order valence-electron chi connectivity index (χ4n) is 1.11. The monoisotopic (exact) mass is 241 g/mol. The first-order chi connectivity index (χ1) is 8.11. The lowest BCUT2D eigenvalue weighted by Gasteiger charge is -1.93. The molecule has 1 N–H and O–H groups in total. The topological polar surface area (TPSA) is 88.9 Å². The quantitative estimate of drug-likeness (QED) is 0.471. The number of carbonyl (C=O) groups is 1. The summed E-state index contributed by atoms with van der Waals surface area (Å²) in [4.78, 5) is 25.6. The molecule has 0 saturated heterocycles. The summed E-state index contributed by atoms with van der Waals surface area (Å²) in [6.07, 6.45) is 7.73. The van der Waals surface area contributed by atoms with Gasteiger partial charge in [0.15, 0.2) is 0 Å². The van der Waals surface area contributed by atoms with Crippen molar-refractivity contribution in [3.63, 3.8) is 0 Å². The Bertz CT molecular complexity index is 323. The van der Waals surface area contributed by atoms with E-state index in [1.165, 1.54) is 25.2 Å². The summed E-state index contributed by atoms with van der Waals surface area (Å²) in [5.74, 6) is 0.188. The number of hydrogen-bond donors (Lipinski definition) is 1. The number of unbranched alkanes of at least 4 members (excludes halogenated alkanes) is 2. The van der Waals surface area contributed by atoms with E-state index in [9.17, 15) is 14.9 Å². The van der Waals surface area contributed by atoms with Gasteiger partial charge in [0.25, 0.3) is 0 Å². The minimum absolute atomic E-state index is 0.218. The van der Waals surface area contributed by atoms with Crippen LogP contribution in [-0.4, -0.2) is 20.7 Å². The van der Waals surface area contributed by atoms with Crippen LogP contribution in [0.2, 0.25) is 0 Å². The standard InChI is InChI=1S/C8H16O.C3H3N3O2/c1-3-5-6-7-8(9)4-2;7-6(8)3-4-1-2-5-3/h3-7H2,1-2H3;1-2H,(H,4,5). The Hall–Kier alpha value is -1.72. The maximum Gasteiger partial charge on any atom is 0.432 e. The summed E-state index contributed by atoms with van der Waals surface area (Å²) in [6, 6.07) is 0. The van der Waals surface area contributed by atoms with Gasteiger partial charge in [0, 0.05) is 12.8 Å². The molecule has 0 atom stereocenters. The van der Waals surface area contributed by atoms with Crippen LogP contribution in [0.3, 0.4) is 0 Å². The molecule has 0 aliphatic rings. The molecule has 1 rings (SSSR count). The van der Waals surface area contributed by atoms with Crippen molar-refractivity contribution >= 4 is 11.7 Å². The molecule has 0 spiro atoms. The first-order valence-corrected chi connectivity index (χ1v) is 5.77. The highest BCUT2D eigenvalue weighted by atomic mass is 16.6. The largest absolute Gasteiger partial charge is 0.432 e. The number of Topliss-reactive ketones (excluding diaryl/α,β-unsaturated/α-hetero) is 1. The summed E-state index contributed by atoms with van der Waals surface area (Å²) >= 11 is 0. The second-order valence-electron chi connectivity index (χ2n) is 3.52. The molecule has 6 heteroatoms. The Balaban J connectivity index is 0.000000302. The molecule has 17 heavy (non-hydrogen) atoms. The predicted octanol–water partition coefficient (Wildman–Crippen LogP) is 2.86. The van der Waals surface area contributed by atoms with Gasteiger partial charge in [-0.3, -0.25) is 4.79 Å². The highest BCUT2D eigenvalue weighted by Crippen LogP contribution is 2.00. The maximum absolute atomic E-state index is 10.7. The third-order valence-corrected chi connectivity index (χ3v) is 2.11. The van der Waals surface area contributed by atoms with Crippen molar-refractivity contribution in [2.45, 2.75) is 46.0 Å². The van der Waals surface area contributed by atoms with Crippen LogP contribution in [0.1, 0.15) is 46.0 Å². The number of imidazole rings is 1. The third-order valence-electron chi connectivity index (χ3n) is 2.11. The number of hydrogen-bond acceptors (Lipinski definition) is 4. The van der Waals surface area contributed by atoms with Gasteiger partial charge in [-0.15, -0.1) is 0 Å². The third kappa shape index (κ3) is 8.12. The molecule has 0 amide bonds. The van der Waals surface area contributed by atoms with E-state index in [1.54, 1.807) is 0 Å². The van der Waals surface area contributed by atoms with Crippen LogP contribution >= 0.6 is 0 Å². The van der Waals surface area contributed by atoms with Gasteiger partial charge in [-0.2, -0.15) is 0 Å². The minimum atomic E-state index is -0.583. The molecule has 0 aromatic carbocycles. The molecule has 0 saturated carbocycles. The van der Waals surface area contributed by atoms with Crippen molar-refractivity contribution in [2.75, 3.05) is 0 Å². The molecular formula is C11H19N3O3. The van der Waals surface area contributed by atoms with E-state index in [1.807, 2.05) is 6.92 Å². The number of H-pyrrole nitrogens is 1. The predicted molar refractivity (Wildman–Crippen MR) is 64.7 cm³/mol. The van der Waals surface area contributed by atoms with E-state index in [0.717, 1.165) is 12.8 Å². The lowest BCUT2D eigenvalue weighted by atomic mass is 10.1. The zero-order valence-corrected chi connectivity index (χ0v) is 10.3. The lowest BCUT2D eigenvalue weighted by molar-refractivity contribution is -0.393. The van der Waals surface area contributed by atoms with Gasteiger partial charge in [0.2, 0.25) is 0 Å². The molecule has 1 aromatic heterocycles. The zero-order valence-electron chi connectivity index (χ0n) is 10.3. The first kappa shape index (κ1) is 15.3. The Morgan fingerprint density at radius 2 is 2.18 bits per heavy atom. The molecule has 96 valence electrons. The first-order valence-electron chi connectivity index (χ1n) is 5.77. The van der Waals surface area contributed by atoms with Gasteiger partial charge in [0.05, 0.1) is 6.20 Å². The van der Waals surface area contributed by atoms with Crippen molar-refractivity contribution in [1.29, 1.82) is 0 Å². The van der Waals surface area contributed by atoms with Crippen LogP contribution in [0.15, 0.2) is 12.4 Å². The van der Waals surface area contributed by atoms with Gasteiger partial charge in [-0.25, -0.2) is 4.98 Å². The number of nitrogens with one attached hydrogen (secondary N) is 1. The Kier molecular flexibility index (Phi) is 8.54. The summed E-state index contributed by atoms with van der Waals surface area (Å²) in [6.45, 7) is 4.07. The molecule has 1 heterocycles. The van der Waals surface area contributed by atoms with Crippen LogP contribution in [-0.2, 0) is 4.79 Å². The second kappa shape index (κ2) is 9.50. The van der Waals surface area contributed by atoms with Crippen molar-refractivity contribution in [2.24, 2.45) is 0 Å². The Morgan fingerprint density at radius 3 is 2.53 bits per heavy atom. The summed E-state index contributed by atoms with van der Waals surface area (Å²) in [7, 11) is 0. The SMILES string of the molecule is CCCCCC(=O)CC.O=[N+]([O-])c1ncc[nH]1. The smallest absolute Gasteiger partial charge is 0.390 e.